The number of thiazole rings is 1. The second-order valence-corrected chi connectivity index (χ2v) is 7.58. The van der Waals surface area contributed by atoms with Gasteiger partial charge in [0.25, 0.3) is 5.69 Å². The van der Waals surface area contributed by atoms with Crippen molar-refractivity contribution in [3.05, 3.63) is 44.5 Å². The fraction of sp³-hybridized carbons (Fsp3) is 0.500. The molecule has 0 spiro atoms. The van der Waals surface area contributed by atoms with Crippen LogP contribution in [-0.4, -0.2) is 38.9 Å². The molecule has 0 amide bonds. The smallest absolute Gasteiger partial charge is 0.287 e. The van der Waals surface area contributed by atoms with Gasteiger partial charge in [-0.1, -0.05) is 6.92 Å². The molecule has 0 aromatic carbocycles. The third kappa shape index (κ3) is 4.07. The van der Waals surface area contributed by atoms with Gasteiger partial charge in [0, 0.05) is 42.8 Å². The minimum atomic E-state index is -0.432. The van der Waals surface area contributed by atoms with Gasteiger partial charge < -0.3 is 5.32 Å². The van der Waals surface area contributed by atoms with E-state index in [1.807, 2.05) is 13.1 Å². The summed E-state index contributed by atoms with van der Waals surface area (Å²) >= 11 is 1.76. The predicted molar refractivity (Wildman–Crippen MR) is 94.2 cm³/mol. The number of nitro groups is 1. The lowest BCUT2D eigenvalue weighted by Gasteiger charge is -2.37. The number of rotatable bonds is 5. The first-order valence-corrected chi connectivity index (χ1v) is 8.83. The molecule has 3 heterocycles. The largest absolute Gasteiger partial charge is 0.367 e. The summed E-state index contributed by atoms with van der Waals surface area (Å²) in [5, 5.41) is 15.2. The SMILES string of the molecule is Cc1ncc(CN2CC[C@@H](Nc3ccc([N+](=O)[O-])cn3)[C@H](C)C2)s1. The molecule has 0 saturated carbocycles. The quantitative estimate of drug-likeness (QED) is 0.661. The first kappa shape index (κ1) is 16.8. The molecule has 3 rings (SSSR count). The topological polar surface area (TPSA) is 84.2 Å². The Labute approximate surface area is 144 Å². The number of likely N-dealkylation sites (tertiary alicyclic amines) is 1. The van der Waals surface area contributed by atoms with Crippen LogP contribution in [0.2, 0.25) is 0 Å². The zero-order valence-corrected chi connectivity index (χ0v) is 14.6. The number of nitrogens with one attached hydrogen (secondary N) is 1. The van der Waals surface area contributed by atoms with Crippen LogP contribution in [0.15, 0.2) is 24.5 Å². The van der Waals surface area contributed by atoms with Gasteiger partial charge in [0.2, 0.25) is 0 Å². The molecule has 7 nitrogen and oxygen atoms in total. The Morgan fingerprint density at radius 1 is 1.42 bits per heavy atom. The van der Waals surface area contributed by atoms with Gasteiger partial charge >= 0.3 is 0 Å². The third-order valence-corrected chi connectivity index (χ3v) is 5.23. The molecule has 0 radical (unpaired) electrons. The van der Waals surface area contributed by atoms with Crippen LogP contribution < -0.4 is 5.32 Å². The van der Waals surface area contributed by atoms with Gasteiger partial charge in [-0.05, 0) is 25.3 Å². The van der Waals surface area contributed by atoms with Crippen molar-refractivity contribution in [2.45, 2.75) is 32.9 Å². The van der Waals surface area contributed by atoms with Crippen LogP contribution in [0.3, 0.4) is 0 Å². The van der Waals surface area contributed by atoms with Crippen LogP contribution in [0, 0.1) is 23.0 Å². The number of anilines is 1. The van der Waals surface area contributed by atoms with E-state index in [1.165, 1.54) is 17.1 Å². The second kappa shape index (κ2) is 7.23. The normalized spacial score (nSPS) is 21.6. The number of nitrogens with zero attached hydrogens (tertiary/aromatic N) is 4. The molecule has 24 heavy (non-hydrogen) atoms. The van der Waals surface area contributed by atoms with Crippen LogP contribution in [0.5, 0.6) is 0 Å². The van der Waals surface area contributed by atoms with Crippen LogP contribution in [0.25, 0.3) is 0 Å². The lowest BCUT2D eigenvalue weighted by Crippen LogP contribution is -2.44. The van der Waals surface area contributed by atoms with Gasteiger partial charge in [0.15, 0.2) is 0 Å². The monoisotopic (exact) mass is 347 g/mol. The summed E-state index contributed by atoms with van der Waals surface area (Å²) < 4.78 is 0. The van der Waals surface area contributed by atoms with Crippen molar-refractivity contribution in [1.82, 2.24) is 14.9 Å². The molecule has 0 bridgehead atoms. The highest BCUT2D eigenvalue weighted by atomic mass is 32.1. The summed E-state index contributed by atoms with van der Waals surface area (Å²) in [6.07, 6.45) is 4.29. The van der Waals surface area contributed by atoms with E-state index in [0.29, 0.717) is 17.8 Å². The maximum absolute atomic E-state index is 10.7. The van der Waals surface area contributed by atoms with E-state index in [0.717, 1.165) is 31.1 Å². The zero-order valence-electron chi connectivity index (χ0n) is 13.8. The van der Waals surface area contributed by atoms with Crippen molar-refractivity contribution in [3.8, 4) is 0 Å². The molecule has 1 saturated heterocycles. The van der Waals surface area contributed by atoms with E-state index < -0.39 is 4.92 Å². The molecule has 1 aliphatic rings. The van der Waals surface area contributed by atoms with E-state index >= 15 is 0 Å². The second-order valence-electron chi connectivity index (χ2n) is 6.26. The fourth-order valence-corrected chi connectivity index (χ4v) is 3.90. The van der Waals surface area contributed by atoms with Gasteiger partial charge in [-0.3, -0.25) is 15.0 Å². The predicted octanol–water partition coefficient (Wildman–Crippen LogP) is 3.08. The number of piperidine rings is 1. The Morgan fingerprint density at radius 2 is 2.25 bits per heavy atom. The average molecular weight is 347 g/mol. The number of hydrogen-bond donors (Lipinski definition) is 1. The van der Waals surface area contributed by atoms with Crippen molar-refractivity contribution in [3.63, 3.8) is 0 Å². The molecule has 128 valence electrons. The standard InChI is InChI=1S/C16H21N5O2S/c1-11-9-20(10-14-8-17-12(2)24-14)6-5-15(11)19-16-4-3-13(7-18-16)21(22)23/h3-4,7-8,11,15H,5-6,9-10H2,1-2H3,(H,18,19)/t11-,15-/m1/s1. The maximum Gasteiger partial charge on any atom is 0.287 e. The summed E-state index contributed by atoms with van der Waals surface area (Å²) in [6, 6.07) is 3.50. The molecular weight excluding hydrogens is 326 g/mol. The van der Waals surface area contributed by atoms with Crippen molar-refractivity contribution in [2.75, 3.05) is 18.4 Å². The molecule has 1 aliphatic heterocycles. The summed E-state index contributed by atoms with van der Waals surface area (Å²) in [6.45, 7) is 7.25. The van der Waals surface area contributed by atoms with E-state index in [4.69, 9.17) is 0 Å². The van der Waals surface area contributed by atoms with Crippen LogP contribution >= 0.6 is 11.3 Å². The Bertz CT molecular complexity index is 703. The Balaban J connectivity index is 1.54. The van der Waals surface area contributed by atoms with Crippen molar-refractivity contribution in [1.29, 1.82) is 0 Å². The van der Waals surface area contributed by atoms with E-state index in [-0.39, 0.29) is 5.69 Å². The number of aromatic nitrogens is 2. The van der Waals surface area contributed by atoms with Gasteiger partial charge in [-0.2, -0.15) is 0 Å². The number of aryl methyl sites for hydroxylation is 1. The minimum Gasteiger partial charge on any atom is -0.367 e. The molecule has 0 aliphatic carbocycles. The molecule has 8 heteroatoms. The highest BCUT2D eigenvalue weighted by molar-refractivity contribution is 7.11. The summed E-state index contributed by atoms with van der Waals surface area (Å²) in [5.41, 5.74) is 0.0169. The minimum absolute atomic E-state index is 0.0169. The fourth-order valence-electron chi connectivity index (χ4n) is 3.06. The van der Waals surface area contributed by atoms with Gasteiger partial charge in [-0.15, -0.1) is 11.3 Å². The first-order chi connectivity index (χ1) is 11.5. The summed E-state index contributed by atoms with van der Waals surface area (Å²) in [5.74, 6) is 1.17. The molecule has 2 aromatic rings. The Hall–Kier alpha value is -2.06. The van der Waals surface area contributed by atoms with Crippen LogP contribution in [0.4, 0.5) is 11.5 Å². The van der Waals surface area contributed by atoms with E-state index in [2.05, 4.69) is 27.1 Å². The molecule has 1 fully saturated rings. The van der Waals surface area contributed by atoms with Gasteiger partial charge in [0.1, 0.15) is 12.0 Å². The van der Waals surface area contributed by atoms with E-state index in [9.17, 15) is 10.1 Å². The van der Waals surface area contributed by atoms with Crippen LogP contribution in [0.1, 0.15) is 23.2 Å². The average Bonchev–Trinajstić information content (AvgIpc) is 2.95. The maximum atomic E-state index is 10.7. The molecule has 0 unspecified atom stereocenters. The highest BCUT2D eigenvalue weighted by Crippen LogP contribution is 2.24. The van der Waals surface area contributed by atoms with Gasteiger partial charge in [0.05, 0.1) is 9.93 Å². The van der Waals surface area contributed by atoms with Crippen molar-refractivity contribution >= 4 is 22.8 Å². The summed E-state index contributed by atoms with van der Waals surface area (Å²) in [7, 11) is 0. The molecule has 2 aromatic heterocycles. The van der Waals surface area contributed by atoms with Crippen molar-refractivity contribution in [2.24, 2.45) is 5.92 Å². The molecule has 1 N–H and O–H groups in total. The molecule has 2 atom stereocenters. The lowest BCUT2D eigenvalue weighted by molar-refractivity contribution is -0.385. The zero-order chi connectivity index (χ0) is 17.1. The van der Waals surface area contributed by atoms with E-state index in [1.54, 1.807) is 17.4 Å². The number of pyridine rings is 1. The van der Waals surface area contributed by atoms with Crippen LogP contribution in [-0.2, 0) is 6.54 Å². The summed E-state index contributed by atoms with van der Waals surface area (Å²) in [4.78, 5) is 22.5. The first-order valence-electron chi connectivity index (χ1n) is 8.02. The third-order valence-electron chi connectivity index (χ3n) is 4.33. The molecular formula is C16H21N5O2S. The lowest BCUT2D eigenvalue weighted by atomic mass is 9.94. The van der Waals surface area contributed by atoms with Gasteiger partial charge in [-0.25, -0.2) is 9.97 Å². The van der Waals surface area contributed by atoms with Crippen molar-refractivity contribution < 1.29 is 4.92 Å². The number of hydrogen-bond acceptors (Lipinski definition) is 7. The Morgan fingerprint density at radius 3 is 2.83 bits per heavy atom. The Kier molecular flexibility index (Phi) is 5.06. The highest BCUT2D eigenvalue weighted by Gasteiger charge is 2.26.